The molecule has 0 aliphatic heterocycles. The first-order valence-electron chi connectivity index (χ1n) is 10.2. The SMILES string of the molecule is COc1ccc(F)cc1C(C)(C)CC(O)(C=Nc1cccc2ccc(NC=O)nc12)C(F)(F)F. The van der Waals surface area contributed by atoms with Crippen LogP contribution in [0.3, 0.4) is 0 Å². The van der Waals surface area contributed by atoms with Crippen LogP contribution in [-0.4, -0.2) is 41.6 Å². The summed E-state index contributed by atoms with van der Waals surface area (Å²) in [5.74, 6) is -0.258. The van der Waals surface area contributed by atoms with E-state index in [2.05, 4.69) is 15.3 Å². The zero-order chi connectivity index (χ0) is 25.1. The number of benzene rings is 2. The summed E-state index contributed by atoms with van der Waals surface area (Å²) in [5, 5.41) is 13.7. The molecule has 2 aromatic carbocycles. The topological polar surface area (TPSA) is 83.8 Å². The highest BCUT2D eigenvalue weighted by atomic mass is 19.4. The van der Waals surface area contributed by atoms with Crippen molar-refractivity contribution in [1.29, 1.82) is 0 Å². The van der Waals surface area contributed by atoms with Crippen LogP contribution in [0.15, 0.2) is 53.5 Å². The number of aromatic nitrogens is 1. The van der Waals surface area contributed by atoms with Gasteiger partial charge in [0.1, 0.15) is 17.4 Å². The highest BCUT2D eigenvalue weighted by Crippen LogP contribution is 2.43. The van der Waals surface area contributed by atoms with E-state index in [-0.39, 0.29) is 28.3 Å². The van der Waals surface area contributed by atoms with Crippen molar-refractivity contribution in [3.63, 3.8) is 0 Å². The largest absolute Gasteiger partial charge is 0.496 e. The summed E-state index contributed by atoms with van der Waals surface area (Å²) in [6.45, 7) is 2.90. The molecular formula is C24H23F4N3O3. The summed E-state index contributed by atoms with van der Waals surface area (Å²) < 4.78 is 61.3. The number of para-hydroxylation sites is 1. The number of aliphatic imine (C=N–C) groups is 1. The van der Waals surface area contributed by atoms with Crippen LogP contribution in [0.25, 0.3) is 10.9 Å². The van der Waals surface area contributed by atoms with Crippen LogP contribution in [-0.2, 0) is 10.2 Å². The molecule has 3 aromatic rings. The van der Waals surface area contributed by atoms with Crippen LogP contribution in [0.2, 0.25) is 0 Å². The van der Waals surface area contributed by atoms with E-state index >= 15 is 0 Å². The molecule has 0 spiro atoms. The van der Waals surface area contributed by atoms with Crippen molar-refractivity contribution < 1.29 is 32.2 Å². The number of anilines is 1. The maximum atomic E-state index is 14.1. The van der Waals surface area contributed by atoms with Gasteiger partial charge in [-0.15, -0.1) is 0 Å². The smallest absolute Gasteiger partial charge is 0.422 e. The van der Waals surface area contributed by atoms with Crippen molar-refractivity contribution in [3.05, 3.63) is 59.9 Å². The number of nitrogens with one attached hydrogen (secondary N) is 1. The molecule has 180 valence electrons. The Balaban J connectivity index is 2.05. The molecule has 0 fully saturated rings. The van der Waals surface area contributed by atoms with Crippen LogP contribution < -0.4 is 10.1 Å². The van der Waals surface area contributed by atoms with E-state index in [4.69, 9.17) is 4.74 Å². The lowest BCUT2D eigenvalue weighted by atomic mass is 9.74. The maximum Gasteiger partial charge on any atom is 0.422 e. The lowest BCUT2D eigenvalue weighted by Crippen LogP contribution is -2.50. The number of hydrogen-bond acceptors (Lipinski definition) is 5. The zero-order valence-electron chi connectivity index (χ0n) is 18.7. The molecule has 0 bridgehead atoms. The molecule has 1 heterocycles. The van der Waals surface area contributed by atoms with E-state index in [9.17, 15) is 27.5 Å². The predicted octanol–water partition coefficient (Wildman–Crippen LogP) is 5.31. The van der Waals surface area contributed by atoms with Crippen molar-refractivity contribution in [2.45, 2.75) is 37.5 Å². The van der Waals surface area contributed by atoms with Crippen LogP contribution in [0.4, 0.5) is 29.1 Å². The number of aliphatic hydroxyl groups is 1. The summed E-state index contributed by atoms with van der Waals surface area (Å²) >= 11 is 0. The summed E-state index contributed by atoms with van der Waals surface area (Å²) in [4.78, 5) is 18.8. The molecule has 0 radical (unpaired) electrons. The number of ether oxygens (including phenoxy) is 1. The number of fused-ring (bicyclic) bond motifs is 1. The molecule has 34 heavy (non-hydrogen) atoms. The number of pyridine rings is 1. The minimum atomic E-state index is -5.09. The fourth-order valence-electron chi connectivity index (χ4n) is 3.75. The van der Waals surface area contributed by atoms with Crippen LogP contribution in [0.5, 0.6) is 5.75 Å². The van der Waals surface area contributed by atoms with Crippen LogP contribution in [0, 0.1) is 5.82 Å². The normalized spacial score (nSPS) is 14.2. The number of halogens is 4. The lowest BCUT2D eigenvalue weighted by molar-refractivity contribution is -0.234. The van der Waals surface area contributed by atoms with Crippen LogP contribution in [0.1, 0.15) is 25.8 Å². The molecule has 0 saturated carbocycles. The van der Waals surface area contributed by atoms with Gasteiger partial charge in [-0.1, -0.05) is 26.0 Å². The summed E-state index contributed by atoms with van der Waals surface area (Å²) in [6.07, 6.45) is -5.10. The molecule has 6 nitrogen and oxygen atoms in total. The highest BCUT2D eigenvalue weighted by Gasteiger charge is 2.55. The first kappa shape index (κ1) is 25.1. The Morgan fingerprint density at radius 1 is 1.15 bits per heavy atom. The van der Waals surface area contributed by atoms with Gasteiger partial charge in [-0.2, -0.15) is 13.2 Å². The van der Waals surface area contributed by atoms with Crippen molar-refractivity contribution in [3.8, 4) is 5.75 Å². The fourth-order valence-corrected chi connectivity index (χ4v) is 3.75. The standard InChI is InChI=1S/C24H23F4N3O3/c1-22(2,17-11-16(25)8-9-19(17)34-3)12-23(33,24(26,27)28)13-29-18-6-4-5-15-7-10-20(30-14-32)31-21(15)18/h4-11,13-14,33H,12H2,1-3H3,(H,30,31,32). The van der Waals surface area contributed by atoms with Crippen molar-refractivity contribution >= 4 is 35.0 Å². The number of carbonyl (C=O) groups is 1. The van der Waals surface area contributed by atoms with Gasteiger partial charge in [0, 0.05) is 17.2 Å². The molecule has 1 unspecified atom stereocenters. The predicted molar refractivity (Wildman–Crippen MR) is 121 cm³/mol. The molecule has 3 rings (SSSR count). The Hall–Kier alpha value is -3.53. The Labute approximate surface area is 193 Å². The summed E-state index contributed by atoms with van der Waals surface area (Å²) in [5.41, 5.74) is -4.24. The molecular weight excluding hydrogens is 454 g/mol. The van der Waals surface area contributed by atoms with Gasteiger partial charge in [-0.05, 0) is 48.2 Å². The molecule has 1 aromatic heterocycles. The van der Waals surface area contributed by atoms with Gasteiger partial charge in [-0.25, -0.2) is 9.37 Å². The lowest BCUT2D eigenvalue weighted by Gasteiger charge is -2.36. The minimum Gasteiger partial charge on any atom is -0.496 e. The second-order valence-corrected chi connectivity index (χ2v) is 8.39. The first-order valence-corrected chi connectivity index (χ1v) is 10.2. The summed E-state index contributed by atoms with van der Waals surface area (Å²) in [7, 11) is 1.32. The van der Waals surface area contributed by atoms with Crippen molar-refractivity contribution in [2.75, 3.05) is 12.4 Å². The molecule has 10 heteroatoms. The Bertz CT molecular complexity index is 1230. The summed E-state index contributed by atoms with van der Waals surface area (Å²) in [6, 6.07) is 11.4. The Morgan fingerprint density at radius 3 is 2.53 bits per heavy atom. The van der Waals surface area contributed by atoms with Crippen molar-refractivity contribution in [2.24, 2.45) is 4.99 Å². The number of methoxy groups -OCH3 is 1. The average Bonchev–Trinajstić information content (AvgIpc) is 2.77. The van der Waals surface area contributed by atoms with E-state index in [0.29, 0.717) is 18.0 Å². The van der Waals surface area contributed by atoms with E-state index in [1.165, 1.54) is 39.2 Å². The number of nitrogens with zero attached hydrogens (tertiary/aromatic N) is 2. The third-order valence-electron chi connectivity index (χ3n) is 5.42. The van der Waals surface area contributed by atoms with Gasteiger partial charge < -0.3 is 15.2 Å². The van der Waals surface area contributed by atoms with Gasteiger partial charge in [0.15, 0.2) is 5.60 Å². The monoisotopic (exact) mass is 477 g/mol. The third-order valence-corrected chi connectivity index (χ3v) is 5.42. The number of carbonyl (C=O) groups excluding carboxylic acids is 1. The molecule has 0 aliphatic rings. The van der Waals surface area contributed by atoms with Gasteiger partial charge >= 0.3 is 6.18 Å². The average molecular weight is 477 g/mol. The molecule has 2 N–H and O–H groups in total. The molecule has 1 atom stereocenters. The van der Waals surface area contributed by atoms with Gasteiger partial charge in [0.25, 0.3) is 0 Å². The van der Waals surface area contributed by atoms with Crippen LogP contribution >= 0.6 is 0 Å². The third kappa shape index (κ3) is 5.17. The first-order chi connectivity index (χ1) is 15.9. The van der Waals surface area contributed by atoms with E-state index in [1.807, 2.05) is 0 Å². The van der Waals surface area contributed by atoms with E-state index in [1.54, 1.807) is 18.2 Å². The van der Waals surface area contributed by atoms with E-state index in [0.717, 1.165) is 12.1 Å². The van der Waals surface area contributed by atoms with Crippen molar-refractivity contribution in [1.82, 2.24) is 4.98 Å². The Morgan fingerprint density at radius 2 is 1.88 bits per heavy atom. The number of amides is 1. The minimum absolute atomic E-state index is 0.0656. The second-order valence-electron chi connectivity index (χ2n) is 8.39. The number of alkyl halides is 3. The molecule has 0 aliphatic carbocycles. The Kier molecular flexibility index (Phi) is 6.92. The highest BCUT2D eigenvalue weighted by molar-refractivity contribution is 5.92. The second kappa shape index (κ2) is 9.38. The molecule has 0 saturated heterocycles. The fraction of sp³-hybridized carbons (Fsp3) is 0.292. The van der Waals surface area contributed by atoms with E-state index < -0.39 is 29.4 Å². The van der Waals surface area contributed by atoms with Gasteiger partial charge in [-0.3, -0.25) is 9.79 Å². The molecule has 1 amide bonds. The zero-order valence-corrected chi connectivity index (χ0v) is 18.7. The van der Waals surface area contributed by atoms with Gasteiger partial charge in [0.2, 0.25) is 6.41 Å². The maximum absolute atomic E-state index is 14.1. The quantitative estimate of drug-likeness (QED) is 0.262. The number of rotatable bonds is 8. The van der Waals surface area contributed by atoms with Gasteiger partial charge in [0.05, 0.1) is 18.3 Å². The number of hydrogen-bond donors (Lipinski definition) is 2.